The summed E-state index contributed by atoms with van der Waals surface area (Å²) in [5, 5.41) is 12.1. The first-order valence-corrected chi connectivity index (χ1v) is 8.04. The molecule has 0 saturated carbocycles. The summed E-state index contributed by atoms with van der Waals surface area (Å²) in [6, 6.07) is 11.9. The number of benzene rings is 2. The van der Waals surface area contributed by atoms with Crippen molar-refractivity contribution in [2.45, 2.75) is 6.92 Å². The highest BCUT2D eigenvalue weighted by Crippen LogP contribution is 2.26. The fraction of sp³-hybridized carbons (Fsp3) is 0.0625. The molecule has 0 aliphatic rings. The highest BCUT2D eigenvalue weighted by Gasteiger charge is 2.18. The first-order valence-electron chi connectivity index (χ1n) is 6.90. The molecule has 0 aliphatic heterocycles. The molecular formula is C16H11Cl3N4O. The van der Waals surface area contributed by atoms with Gasteiger partial charge in [0.1, 0.15) is 0 Å². The summed E-state index contributed by atoms with van der Waals surface area (Å²) in [6.07, 6.45) is 0. The maximum Gasteiger partial charge on any atom is 0.278 e. The average Bonchev–Trinajstić information content (AvgIpc) is 2.92. The molecule has 24 heavy (non-hydrogen) atoms. The van der Waals surface area contributed by atoms with Crippen LogP contribution in [0.15, 0.2) is 42.5 Å². The van der Waals surface area contributed by atoms with Crippen LogP contribution in [-0.2, 0) is 0 Å². The van der Waals surface area contributed by atoms with E-state index in [1.165, 1.54) is 0 Å². The fourth-order valence-corrected chi connectivity index (χ4v) is 2.69. The van der Waals surface area contributed by atoms with Crippen molar-refractivity contribution in [1.29, 1.82) is 0 Å². The van der Waals surface area contributed by atoms with Crippen LogP contribution in [0.2, 0.25) is 15.1 Å². The highest BCUT2D eigenvalue weighted by molar-refractivity contribution is 6.35. The molecule has 1 amide bonds. The number of anilines is 1. The van der Waals surface area contributed by atoms with Gasteiger partial charge in [-0.3, -0.25) is 4.79 Å². The lowest BCUT2D eigenvalue weighted by Gasteiger charge is -2.07. The Morgan fingerprint density at radius 3 is 2.58 bits per heavy atom. The second kappa shape index (κ2) is 6.81. The monoisotopic (exact) mass is 380 g/mol. The minimum Gasteiger partial charge on any atom is -0.319 e. The van der Waals surface area contributed by atoms with E-state index in [0.717, 1.165) is 0 Å². The Balaban J connectivity index is 1.90. The Morgan fingerprint density at radius 1 is 1.08 bits per heavy atom. The molecule has 5 nitrogen and oxygen atoms in total. The van der Waals surface area contributed by atoms with Gasteiger partial charge in [-0.05, 0) is 43.3 Å². The third-order valence-corrected chi connectivity index (χ3v) is 4.14. The maximum absolute atomic E-state index is 12.5. The molecule has 3 aromatic rings. The summed E-state index contributed by atoms with van der Waals surface area (Å²) < 4.78 is 1.54. The second-order valence-corrected chi connectivity index (χ2v) is 6.27. The SMILES string of the molecule is Cc1c(C(=O)Nc2cc(Cl)ccc2Cl)nnn1-c1cccc(Cl)c1. The van der Waals surface area contributed by atoms with Crippen LogP contribution in [0.1, 0.15) is 16.2 Å². The quantitative estimate of drug-likeness (QED) is 0.709. The predicted octanol–water partition coefficient (Wildman–Crippen LogP) is 4.79. The van der Waals surface area contributed by atoms with E-state index < -0.39 is 5.91 Å². The number of aromatic nitrogens is 3. The molecule has 0 spiro atoms. The molecule has 0 atom stereocenters. The van der Waals surface area contributed by atoms with Crippen LogP contribution in [0.4, 0.5) is 5.69 Å². The number of hydrogen-bond acceptors (Lipinski definition) is 3. The highest BCUT2D eigenvalue weighted by atomic mass is 35.5. The van der Waals surface area contributed by atoms with E-state index in [-0.39, 0.29) is 5.69 Å². The van der Waals surface area contributed by atoms with Crippen molar-refractivity contribution in [2.75, 3.05) is 5.32 Å². The van der Waals surface area contributed by atoms with Gasteiger partial charge in [0.2, 0.25) is 0 Å². The van der Waals surface area contributed by atoms with E-state index in [1.54, 1.807) is 48.0 Å². The van der Waals surface area contributed by atoms with Gasteiger partial charge >= 0.3 is 0 Å². The lowest BCUT2D eigenvalue weighted by atomic mass is 10.2. The van der Waals surface area contributed by atoms with E-state index in [0.29, 0.717) is 32.1 Å². The molecule has 0 fully saturated rings. The van der Waals surface area contributed by atoms with Crippen molar-refractivity contribution in [3.63, 3.8) is 0 Å². The summed E-state index contributed by atoms with van der Waals surface area (Å²) in [5.41, 5.74) is 1.89. The van der Waals surface area contributed by atoms with Gasteiger partial charge in [-0.1, -0.05) is 46.1 Å². The van der Waals surface area contributed by atoms with E-state index >= 15 is 0 Å². The van der Waals surface area contributed by atoms with E-state index in [2.05, 4.69) is 15.6 Å². The standard InChI is InChI=1S/C16H11Cl3N4O/c1-9-15(16(24)20-14-8-11(18)5-6-13(14)19)21-22-23(9)12-4-2-3-10(17)7-12/h2-8H,1H3,(H,20,24). The van der Waals surface area contributed by atoms with Gasteiger partial charge in [-0.15, -0.1) is 5.10 Å². The molecule has 3 rings (SSSR count). The van der Waals surface area contributed by atoms with E-state index in [9.17, 15) is 4.79 Å². The van der Waals surface area contributed by atoms with Crippen LogP contribution in [0.3, 0.4) is 0 Å². The van der Waals surface area contributed by atoms with Gasteiger partial charge in [-0.25, -0.2) is 4.68 Å². The van der Waals surface area contributed by atoms with Crippen molar-refractivity contribution in [2.24, 2.45) is 0 Å². The van der Waals surface area contributed by atoms with Gasteiger partial charge in [0, 0.05) is 10.0 Å². The van der Waals surface area contributed by atoms with Crippen LogP contribution in [0, 0.1) is 6.92 Å². The van der Waals surface area contributed by atoms with Crippen LogP contribution in [0.25, 0.3) is 5.69 Å². The Morgan fingerprint density at radius 2 is 1.83 bits per heavy atom. The lowest BCUT2D eigenvalue weighted by molar-refractivity contribution is 0.102. The average molecular weight is 382 g/mol. The van der Waals surface area contributed by atoms with Crippen LogP contribution in [0.5, 0.6) is 0 Å². The Labute approximate surface area is 153 Å². The van der Waals surface area contributed by atoms with Crippen molar-refractivity contribution >= 4 is 46.4 Å². The normalized spacial score (nSPS) is 10.7. The number of carbonyl (C=O) groups is 1. The summed E-state index contributed by atoms with van der Waals surface area (Å²) in [7, 11) is 0. The molecule has 122 valence electrons. The minimum absolute atomic E-state index is 0.186. The van der Waals surface area contributed by atoms with Crippen molar-refractivity contribution in [1.82, 2.24) is 15.0 Å². The molecule has 8 heteroatoms. The smallest absolute Gasteiger partial charge is 0.278 e. The van der Waals surface area contributed by atoms with E-state index in [4.69, 9.17) is 34.8 Å². The zero-order valence-corrected chi connectivity index (χ0v) is 14.7. The predicted molar refractivity (Wildman–Crippen MR) is 95.5 cm³/mol. The number of halogens is 3. The molecule has 1 heterocycles. The van der Waals surface area contributed by atoms with E-state index in [1.807, 2.05) is 6.07 Å². The zero-order valence-electron chi connectivity index (χ0n) is 12.4. The molecular weight excluding hydrogens is 371 g/mol. The molecule has 1 aromatic heterocycles. The first kappa shape index (κ1) is 16.8. The number of nitrogens with one attached hydrogen (secondary N) is 1. The van der Waals surface area contributed by atoms with Gasteiger partial charge < -0.3 is 5.32 Å². The first-order chi connectivity index (χ1) is 11.5. The van der Waals surface area contributed by atoms with Crippen LogP contribution < -0.4 is 5.32 Å². The Bertz CT molecular complexity index is 923. The van der Waals surface area contributed by atoms with Gasteiger partial charge in [0.05, 0.1) is 22.1 Å². The third kappa shape index (κ3) is 3.38. The Hall–Kier alpha value is -2.08. The Kier molecular flexibility index (Phi) is 4.76. The minimum atomic E-state index is -0.426. The number of nitrogens with zero attached hydrogens (tertiary/aromatic N) is 3. The van der Waals surface area contributed by atoms with Gasteiger partial charge in [0.25, 0.3) is 5.91 Å². The molecule has 0 unspecified atom stereocenters. The molecule has 0 aliphatic carbocycles. The van der Waals surface area contributed by atoms with Gasteiger partial charge in [0.15, 0.2) is 5.69 Å². The van der Waals surface area contributed by atoms with Crippen molar-refractivity contribution < 1.29 is 4.79 Å². The summed E-state index contributed by atoms with van der Waals surface area (Å²) in [4.78, 5) is 12.5. The molecule has 2 aromatic carbocycles. The van der Waals surface area contributed by atoms with Crippen molar-refractivity contribution in [3.8, 4) is 5.69 Å². The van der Waals surface area contributed by atoms with Crippen molar-refractivity contribution in [3.05, 3.63) is 68.9 Å². The second-order valence-electron chi connectivity index (χ2n) is 4.99. The summed E-state index contributed by atoms with van der Waals surface area (Å²) >= 11 is 18.0. The number of carbonyl (C=O) groups excluding carboxylic acids is 1. The maximum atomic E-state index is 12.5. The summed E-state index contributed by atoms with van der Waals surface area (Å²) in [5.74, 6) is -0.426. The zero-order chi connectivity index (χ0) is 17.3. The van der Waals surface area contributed by atoms with Gasteiger partial charge in [-0.2, -0.15) is 0 Å². The van der Waals surface area contributed by atoms with Crippen LogP contribution >= 0.6 is 34.8 Å². The molecule has 1 N–H and O–H groups in total. The number of hydrogen-bond donors (Lipinski definition) is 1. The number of rotatable bonds is 3. The molecule has 0 bridgehead atoms. The topological polar surface area (TPSA) is 59.8 Å². The lowest BCUT2D eigenvalue weighted by Crippen LogP contribution is -2.14. The third-order valence-electron chi connectivity index (χ3n) is 3.34. The largest absolute Gasteiger partial charge is 0.319 e. The fourth-order valence-electron chi connectivity index (χ4n) is 2.17. The molecule has 0 radical (unpaired) electrons. The number of amides is 1. The summed E-state index contributed by atoms with van der Waals surface area (Å²) in [6.45, 7) is 1.75. The molecule has 0 saturated heterocycles. The van der Waals surface area contributed by atoms with Crippen LogP contribution in [-0.4, -0.2) is 20.9 Å².